The molecule has 2 aliphatic rings. The summed E-state index contributed by atoms with van der Waals surface area (Å²) in [7, 11) is 0. The van der Waals surface area contributed by atoms with Gasteiger partial charge >= 0.3 is 0 Å². The first kappa shape index (κ1) is 20.5. The highest BCUT2D eigenvalue weighted by Crippen LogP contribution is 2.37. The standard InChI is InChI=1S/C23H25FN6O2/c1-14-20-21(26-12-25-14)30(13-27-20)9-16-17(10-31)18(24)5-6-19(16)29-8-7-23(2,11-29)22(32)28-15-3-4-15/h5-6,10,12-13,15H,3-4,7-9,11H2,1-2H3,(H,28,32)/t23-/m0/s1. The van der Waals surface area contributed by atoms with Crippen LogP contribution in [-0.4, -0.2) is 50.8 Å². The van der Waals surface area contributed by atoms with Crippen LogP contribution in [0.4, 0.5) is 10.1 Å². The van der Waals surface area contributed by atoms with Gasteiger partial charge in [0.15, 0.2) is 11.9 Å². The van der Waals surface area contributed by atoms with E-state index in [1.807, 2.05) is 13.8 Å². The third-order valence-corrected chi connectivity index (χ3v) is 6.58. The Kier molecular flexibility index (Phi) is 4.91. The van der Waals surface area contributed by atoms with E-state index in [1.54, 1.807) is 17.0 Å². The van der Waals surface area contributed by atoms with Gasteiger partial charge in [-0.15, -0.1) is 0 Å². The maximum Gasteiger partial charge on any atom is 0.228 e. The number of amides is 1. The number of imidazole rings is 1. The Morgan fingerprint density at radius 3 is 2.88 bits per heavy atom. The highest BCUT2D eigenvalue weighted by molar-refractivity contribution is 5.85. The van der Waals surface area contributed by atoms with Crippen molar-refractivity contribution in [2.45, 2.75) is 45.7 Å². The van der Waals surface area contributed by atoms with E-state index in [9.17, 15) is 14.0 Å². The van der Waals surface area contributed by atoms with Gasteiger partial charge in [0.2, 0.25) is 5.91 Å². The molecule has 1 saturated heterocycles. The lowest BCUT2D eigenvalue weighted by Crippen LogP contribution is -2.42. The molecule has 8 nitrogen and oxygen atoms in total. The number of carbonyl (C=O) groups is 2. The fraction of sp³-hybridized carbons (Fsp3) is 0.435. The van der Waals surface area contributed by atoms with Gasteiger partial charge in [0.25, 0.3) is 0 Å². The van der Waals surface area contributed by atoms with Gasteiger partial charge in [0.05, 0.1) is 29.5 Å². The SMILES string of the molecule is Cc1ncnc2c1ncn2Cc1c(N2CC[C@](C)(C(=O)NC3CC3)C2)ccc(F)c1C=O. The summed E-state index contributed by atoms with van der Waals surface area (Å²) in [5, 5.41) is 3.11. The lowest BCUT2D eigenvalue weighted by Gasteiger charge is -2.27. The van der Waals surface area contributed by atoms with E-state index < -0.39 is 11.2 Å². The molecule has 3 aromatic rings. The summed E-state index contributed by atoms with van der Waals surface area (Å²) in [6.45, 7) is 5.21. The van der Waals surface area contributed by atoms with Crippen LogP contribution in [0.25, 0.3) is 11.2 Å². The Balaban J connectivity index is 1.50. The number of aryl methyl sites for hydroxylation is 1. The van der Waals surface area contributed by atoms with Crippen molar-refractivity contribution in [3.63, 3.8) is 0 Å². The minimum atomic E-state index is -0.567. The normalized spacial score (nSPS) is 20.7. The second kappa shape index (κ2) is 7.65. The second-order valence-electron chi connectivity index (χ2n) is 9.06. The molecule has 3 heterocycles. The van der Waals surface area contributed by atoms with E-state index in [0.29, 0.717) is 48.6 Å². The molecule has 1 atom stereocenters. The first-order valence-corrected chi connectivity index (χ1v) is 10.8. The fourth-order valence-electron chi connectivity index (χ4n) is 4.44. The highest BCUT2D eigenvalue weighted by atomic mass is 19.1. The fourth-order valence-corrected chi connectivity index (χ4v) is 4.44. The second-order valence-corrected chi connectivity index (χ2v) is 9.06. The molecule has 9 heteroatoms. The number of rotatable bonds is 6. The molecule has 2 fully saturated rings. The van der Waals surface area contributed by atoms with E-state index in [2.05, 4.69) is 25.2 Å². The monoisotopic (exact) mass is 436 g/mol. The van der Waals surface area contributed by atoms with Crippen molar-refractivity contribution in [1.29, 1.82) is 0 Å². The predicted molar refractivity (Wildman–Crippen MR) is 117 cm³/mol. The topological polar surface area (TPSA) is 93.0 Å². The number of nitrogens with zero attached hydrogens (tertiary/aromatic N) is 5. The van der Waals surface area contributed by atoms with E-state index in [4.69, 9.17) is 0 Å². The van der Waals surface area contributed by atoms with Crippen molar-refractivity contribution in [2.24, 2.45) is 5.41 Å². The number of benzene rings is 1. The molecule has 1 saturated carbocycles. The van der Waals surface area contributed by atoms with E-state index in [0.717, 1.165) is 24.2 Å². The number of halogens is 1. The number of fused-ring (bicyclic) bond motifs is 1. The van der Waals surface area contributed by atoms with Crippen molar-refractivity contribution >= 4 is 29.0 Å². The van der Waals surface area contributed by atoms with Crippen LogP contribution in [0.3, 0.4) is 0 Å². The van der Waals surface area contributed by atoms with Gasteiger partial charge in [-0.3, -0.25) is 9.59 Å². The van der Waals surface area contributed by atoms with Crippen LogP contribution in [-0.2, 0) is 11.3 Å². The molecular formula is C23H25FN6O2. The zero-order valence-electron chi connectivity index (χ0n) is 18.1. The van der Waals surface area contributed by atoms with Crippen molar-refractivity contribution in [3.05, 3.63) is 47.4 Å². The molecule has 1 aliphatic heterocycles. The number of hydrogen-bond donors (Lipinski definition) is 1. The number of aldehydes is 1. The first-order valence-electron chi connectivity index (χ1n) is 10.8. The largest absolute Gasteiger partial charge is 0.370 e. The summed E-state index contributed by atoms with van der Waals surface area (Å²) in [4.78, 5) is 39.6. The maximum atomic E-state index is 14.6. The number of aromatic nitrogens is 4. The first-order chi connectivity index (χ1) is 15.4. The van der Waals surface area contributed by atoms with Crippen LogP contribution in [0, 0.1) is 18.2 Å². The Morgan fingerprint density at radius 2 is 2.12 bits per heavy atom. The predicted octanol–water partition coefficient (Wildman–Crippen LogP) is 2.63. The average Bonchev–Trinajstić information content (AvgIpc) is 3.35. The molecule has 0 spiro atoms. The molecule has 166 valence electrons. The van der Waals surface area contributed by atoms with Gasteiger partial charge in [-0.2, -0.15) is 0 Å². The van der Waals surface area contributed by atoms with E-state index in [1.165, 1.54) is 12.4 Å². The minimum absolute atomic E-state index is 0.0196. The van der Waals surface area contributed by atoms with Crippen LogP contribution < -0.4 is 10.2 Å². The van der Waals surface area contributed by atoms with Gasteiger partial charge in [-0.05, 0) is 45.2 Å². The summed E-state index contributed by atoms with van der Waals surface area (Å²) < 4.78 is 16.4. The summed E-state index contributed by atoms with van der Waals surface area (Å²) in [5.41, 5.74) is 2.85. The number of nitrogens with one attached hydrogen (secondary N) is 1. The maximum absolute atomic E-state index is 14.6. The third kappa shape index (κ3) is 3.51. The van der Waals surface area contributed by atoms with Crippen LogP contribution >= 0.6 is 0 Å². The molecule has 1 aromatic carbocycles. The van der Waals surface area contributed by atoms with Gasteiger partial charge in [-0.1, -0.05) is 0 Å². The Morgan fingerprint density at radius 1 is 1.31 bits per heavy atom. The molecule has 2 aromatic heterocycles. The van der Waals surface area contributed by atoms with Crippen molar-refractivity contribution in [1.82, 2.24) is 24.8 Å². The number of hydrogen-bond acceptors (Lipinski definition) is 6. The molecule has 1 N–H and O–H groups in total. The van der Waals surface area contributed by atoms with Crippen molar-refractivity contribution in [3.8, 4) is 0 Å². The molecule has 1 amide bonds. The van der Waals surface area contributed by atoms with Crippen molar-refractivity contribution in [2.75, 3.05) is 18.0 Å². The molecule has 0 radical (unpaired) electrons. The highest BCUT2D eigenvalue weighted by Gasteiger charge is 2.42. The van der Waals surface area contributed by atoms with Crippen LogP contribution in [0.15, 0.2) is 24.8 Å². The molecule has 5 rings (SSSR count). The van der Waals surface area contributed by atoms with Crippen molar-refractivity contribution < 1.29 is 14.0 Å². The third-order valence-electron chi connectivity index (χ3n) is 6.58. The molecule has 0 bridgehead atoms. The Bertz CT molecular complexity index is 1220. The summed E-state index contributed by atoms with van der Waals surface area (Å²) in [6, 6.07) is 3.32. The summed E-state index contributed by atoms with van der Waals surface area (Å²) in [5.74, 6) is -0.503. The van der Waals surface area contributed by atoms with Gasteiger partial charge in [-0.25, -0.2) is 19.3 Å². The molecular weight excluding hydrogens is 411 g/mol. The van der Waals surface area contributed by atoms with E-state index in [-0.39, 0.29) is 18.0 Å². The van der Waals surface area contributed by atoms with Crippen LogP contribution in [0.2, 0.25) is 0 Å². The van der Waals surface area contributed by atoms with Gasteiger partial charge in [0, 0.05) is 30.4 Å². The zero-order valence-corrected chi connectivity index (χ0v) is 18.1. The smallest absolute Gasteiger partial charge is 0.228 e. The Hall–Kier alpha value is -3.36. The molecule has 1 aliphatic carbocycles. The lowest BCUT2D eigenvalue weighted by atomic mass is 9.88. The quantitative estimate of drug-likeness (QED) is 0.597. The average molecular weight is 436 g/mol. The number of carbonyl (C=O) groups excluding carboxylic acids is 2. The zero-order chi connectivity index (χ0) is 22.5. The number of anilines is 1. The van der Waals surface area contributed by atoms with Crippen LogP contribution in [0.1, 0.15) is 47.8 Å². The molecule has 32 heavy (non-hydrogen) atoms. The molecule has 0 unspecified atom stereocenters. The van der Waals surface area contributed by atoms with Gasteiger partial charge in [0.1, 0.15) is 17.7 Å². The minimum Gasteiger partial charge on any atom is -0.370 e. The summed E-state index contributed by atoms with van der Waals surface area (Å²) >= 11 is 0. The van der Waals surface area contributed by atoms with E-state index >= 15 is 0 Å². The lowest BCUT2D eigenvalue weighted by molar-refractivity contribution is -0.129. The summed E-state index contributed by atoms with van der Waals surface area (Å²) in [6.07, 6.45) is 6.43. The Labute approximate surface area is 184 Å². The van der Waals surface area contributed by atoms with Gasteiger partial charge < -0.3 is 14.8 Å². The van der Waals surface area contributed by atoms with Crippen LogP contribution in [0.5, 0.6) is 0 Å².